The van der Waals surface area contributed by atoms with Crippen LogP contribution in [0.2, 0.25) is 0 Å². The van der Waals surface area contributed by atoms with Crippen molar-refractivity contribution in [3.05, 3.63) is 23.8 Å². The van der Waals surface area contributed by atoms with E-state index in [1.54, 1.807) is 6.07 Å². The maximum Gasteiger partial charge on any atom is 0.573 e. The number of methoxy groups -OCH3 is 1. The molecule has 1 heterocycles. The van der Waals surface area contributed by atoms with E-state index < -0.39 is 6.36 Å². The third kappa shape index (κ3) is 4.43. The zero-order chi connectivity index (χ0) is 13.9. The molecule has 1 aliphatic heterocycles. The lowest BCUT2D eigenvalue weighted by Gasteiger charge is -2.25. The first kappa shape index (κ1) is 16.9. The molecule has 8 heteroatoms. The first-order valence-electron chi connectivity index (χ1n) is 5.74. The van der Waals surface area contributed by atoms with Crippen LogP contribution < -0.4 is 14.8 Å². The van der Waals surface area contributed by atoms with Gasteiger partial charge in [0.05, 0.1) is 26.4 Å². The maximum atomic E-state index is 12.1. The van der Waals surface area contributed by atoms with Crippen molar-refractivity contribution in [2.45, 2.75) is 12.4 Å². The van der Waals surface area contributed by atoms with Gasteiger partial charge in [0, 0.05) is 18.2 Å². The Kier molecular flexibility index (Phi) is 5.91. The van der Waals surface area contributed by atoms with Crippen LogP contribution in [0.4, 0.5) is 13.2 Å². The highest BCUT2D eigenvalue weighted by molar-refractivity contribution is 5.85. The topological polar surface area (TPSA) is 39.7 Å². The summed E-state index contributed by atoms with van der Waals surface area (Å²) in [5.41, 5.74) is 0.747. The Morgan fingerprint density at radius 3 is 2.65 bits per heavy atom. The molecule has 114 valence electrons. The number of nitrogens with one attached hydrogen (secondary N) is 1. The van der Waals surface area contributed by atoms with Gasteiger partial charge in [-0.3, -0.25) is 0 Å². The molecule has 1 aliphatic rings. The average molecular weight is 314 g/mol. The second-order valence-corrected chi connectivity index (χ2v) is 4.03. The van der Waals surface area contributed by atoms with Crippen LogP contribution in [0, 0.1) is 0 Å². The van der Waals surface area contributed by atoms with Gasteiger partial charge in [-0.2, -0.15) is 0 Å². The van der Waals surface area contributed by atoms with Crippen molar-refractivity contribution in [1.82, 2.24) is 5.32 Å². The van der Waals surface area contributed by atoms with Gasteiger partial charge in [0.15, 0.2) is 0 Å². The lowest BCUT2D eigenvalue weighted by atomic mass is 10.1. The number of halogens is 4. The Balaban J connectivity index is 0.00000200. The zero-order valence-corrected chi connectivity index (χ0v) is 11.5. The highest BCUT2D eigenvalue weighted by Gasteiger charge is 2.31. The molecule has 0 spiro atoms. The number of benzene rings is 1. The molecule has 1 N–H and O–H groups in total. The third-order valence-electron chi connectivity index (χ3n) is 2.74. The predicted octanol–water partition coefficient (Wildman–Crippen LogP) is 2.68. The third-order valence-corrected chi connectivity index (χ3v) is 2.74. The molecule has 2 rings (SSSR count). The van der Waals surface area contributed by atoms with Crippen LogP contribution in [0.3, 0.4) is 0 Å². The normalized spacial score (nSPS) is 19.1. The van der Waals surface area contributed by atoms with Gasteiger partial charge in [0.2, 0.25) is 0 Å². The second-order valence-electron chi connectivity index (χ2n) is 4.03. The smallest absolute Gasteiger partial charge is 0.496 e. The molecule has 20 heavy (non-hydrogen) atoms. The molecular formula is C12H15ClF3NO3. The molecule has 0 saturated carbocycles. The minimum atomic E-state index is -4.71. The van der Waals surface area contributed by atoms with Gasteiger partial charge in [0.25, 0.3) is 0 Å². The van der Waals surface area contributed by atoms with Crippen molar-refractivity contribution in [3.63, 3.8) is 0 Å². The van der Waals surface area contributed by atoms with Gasteiger partial charge in [-0.05, 0) is 12.1 Å². The van der Waals surface area contributed by atoms with Crippen LogP contribution >= 0.6 is 12.4 Å². The number of hydrogen-bond donors (Lipinski definition) is 1. The monoisotopic (exact) mass is 313 g/mol. The number of alkyl halides is 3. The van der Waals surface area contributed by atoms with E-state index >= 15 is 0 Å². The molecule has 1 aromatic rings. The van der Waals surface area contributed by atoms with Crippen LogP contribution in [-0.4, -0.2) is 33.2 Å². The highest BCUT2D eigenvalue weighted by atomic mass is 35.5. The molecule has 4 nitrogen and oxygen atoms in total. The number of ether oxygens (including phenoxy) is 3. The summed E-state index contributed by atoms with van der Waals surface area (Å²) in [4.78, 5) is 0. The summed E-state index contributed by atoms with van der Waals surface area (Å²) in [5.74, 6) is 0.0366. The summed E-state index contributed by atoms with van der Waals surface area (Å²) in [7, 11) is 1.40. The largest absolute Gasteiger partial charge is 0.573 e. The van der Waals surface area contributed by atoms with Crippen molar-refractivity contribution in [3.8, 4) is 11.5 Å². The number of hydrogen-bond acceptors (Lipinski definition) is 4. The van der Waals surface area contributed by atoms with Crippen LogP contribution in [0.5, 0.6) is 11.5 Å². The molecule has 1 fully saturated rings. The van der Waals surface area contributed by atoms with E-state index in [2.05, 4.69) is 10.1 Å². The molecule has 1 aromatic carbocycles. The van der Waals surface area contributed by atoms with E-state index in [0.29, 0.717) is 25.5 Å². The Morgan fingerprint density at radius 1 is 1.35 bits per heavy atom. The zero-order valence-electron chi connectivity index (χ0n) is 10.7. The number of rotatable bonds is 3. The summed E-state index contributed by atoms with van der Waals surface area (Å²) in [5, 5.41) is 3.21. The fourth-order valence-electron chi connectivity index (χ4n) is 1.94. The quantitative estimate of drug-likeness (QED) is 0.931. The van der Waals surface area contributed by atoms with Gasteiger partial charge in [-0.25, -0.2) is 0 Å². The van der Waals surface area contributed by atoms with E-state index in [-0.39, 0.29) is 24.2 Å². The minimum absolute atomic E-state index is 0. The predicted molar refractivity (Wildman–Crippen MR) is 68.5 cm³/mol. The van der Waals surface area contributed by atoms with Crippen molar-refractivity contribution in [1.29, 1.82) is 0 Å². The van der Waals surface area contributed by atoms with Crippen molar-refractivity contribution in [2.24, 2.45) is 0 Å². The van der Waals surface area contributed by atoms with Gasteiger partial charge < -0.3 is 19.5 Å². The molecule has 0 unspecified atom stereocenters. The molecule has 0 aromatic heterocycles. The SMILES string of the molecule is COc1cc(OC(F)(F)F)ccc1[C@@H]1COCCN1.Cl. The van der Waals surface area contributed by atoms with E-state index in [4.69, 9.17) is 9.47 Å². The van der Waals surface area contributed by atoms with Crippen LogP contribution in [-0.2, 0) is 4.74 Å². The van der Waals surface area contributed by atoms with Gasteiger partial charge in [-0.15, -0.1) is 25.6 Å². The summed E-state index contributed by atoms with van der Waals surface area (Å²) < 4.78 is 50.7. The molecule has 0 radical (unpaired) electrons. The van der Waals surface area contributed by atoms with Crippen molar-refractivity contribution in [2.75, 3.05) is 26.9 Å². The van der Waals surface area contributed by atoms with Crippen LogP contribution in [0.1, 0.15) is 11.6 Å². The number of morpholine rings is 1. The summed E-state index contributed by atoms with van der Waals surface area (Å²) in [6.07, 6.45) is -4.71. The standard InChI is InChI=1S/C12H14F3NO3.ClH/c1-17-11-6-8(19-12(13,14)15)2-3-9(11)10-7-18-5-4-16-10;/h2-3,6,10,16H,4-5,7H2,1H3;1H/t10-;/m0./s1. The van der Waals surface area contributed by atoms with E-state index in [0.717, 1.165) is 5.56 Å². The van der Waals surface area contributed by atoms with Crippen LogP contribution in [0.15, 0.2) is 18.2 Å². The highest BCUT2D eigenvalue weighted by Crippen LogP contribution is 2.32. The lowest BCUT2D eigenvalue weighted by molar-refractivity contribution is -0.274. The summed E-state index contributed by atoms with van der Waals surface area (Å²) >= 11 is 0. The Labute approximate surface area is 120 Å². The van der Waals surface area contributed by atoms with Crippen LogP contribution in [0.25, 0.3) is 0 Å². The molecular weight excluding hydrogens is 299 g/mol. The Morgan fingerprint density at radius 2 is 2.10 bits per heavy atom. The average Bonchev–Trinajstić information content (AvgIpc) is 2.37. The molecule has 0 bridgehead atoms. The second kappa shape index (κ2) is 7.01. The first-order valence-corrected chi connectivity index (χ1v) is 5.74. The van der Waals surface area contributed by atoms with Gasteiger partial charge in [0.1, 0.15) is 11.5 Å². The fraction of sp³-hybridized carbons (Fsp3) is 0.500. The fourth-order valence-corrected chi connectivity index (χ4v) is 1.94. The minimum Gasteiger partial charge on any atom is -0.496 e. The van der Waals surface area contributed by atoms with Gasteiger partial charge in [-0.1, -0.05) is 0 Å². The van der Waals surface area contributed by atoms with Crippen molar-refractivity contribution < 1.29 is 27.4 Å². The summed E-state index contributed by atoms with van der Waals surface area (Å²) in [6.45, 7) is 1.76. The first-order chi connectivity index (χ1) is 8.99. The molecule has 1 saturated heterocycles. The van der Waals surface area contributed by atoms with Crippen molar-refractivity contribution >= 4 is 12.4 Å². The van der Waals surface area contributed by atoms with E-state index in [9.17, 15) is 13.2 Å². The Bertz CT molecular complexity index is 436. The molecule has 0 aliphatic carbocycles. The van der Waals surface area contributed by atoms with E-state index in [1.165, 1.54) is 19.2 Å². The van der Waals surface area contributed by atoms with Gasteiger partial charge >= 0.3 is 6.36 Å². The Hall–Kier alpha value is -1.18. The van der Waals surface area contributed by atoms with E-state index in [1.807, 2.05) is 0 Å². The lowest BCUT2D eigenvalue weighted by Crippen LogP contribution is -2.34. The molecule has 1 atom stereocenters. The summed E-state index contributed by atoms with van der Waals surface area (Å²) in [6, 6.07) is 3.94. The molecule has 0 amide bonds. The maximum absolute atomic E-state index is 12.1.